The van der Waals surface area contributed by atoms with Crippen molar-refractivity contribution in [2.45, 2.75) is 37.8 Å². The number of carbonyl (C=O) groups is 1. The fraction of sp³-hybridized carbons (Fsp3) is 0.286. The van der Waals surface area contributed by atoms with Crippen molar-refractivity contribution >= 4 is 33.0 Å². The van der Waals surface area contributed by atoms with Gasteiger partial charge >= 0.3 is 0 Å². The number of nitrogens with one attached hydrogen (secondary N) is 1. The van der Waals surface area contributed by atoms with E-state index < -0.39 is 5.54 Å². The Balaban J connectivity index is 1.44. The van der Waals surface area contributed by atoms with Gasteiger partial charge in [0.1, 0.15) is 29.0 Å². The Hall–Kier alpha value is -3.00. The number of halogens is 1. The van der Waals surface area contributed by atoms with Crippen LogP contribution in [0.2, 0.25) is 0 Å². The van der Waals surface area contributed by atoms with Gasteiger partial charge in [-0.3, -0.25) is 14.0 Å². The molecule has 1 aliphatic rings. The molecule has 0 radical (unpaired) electrons. The second kappa shape index (κ2) is 6.81. The monoisotopic (exact) mass is 410 g/mol. The molecule has 1 fully saturated rings. The van der Waals surface area contributed by atoms with E-state index in [0.717, 1.165) is 27.7 Å². The predicted molar refractivity (Wildman–Crippen MR) is 110 cm³/mol. The lowest BCUT2D eigenvalue weighted by Gasteiger charge is -2.31. The van der Waals surface area contributed by atoms with Crippen LogP contribution >= 0.6 is 11.3 Å². The van der Waals surface area contributed by atoms with Crippen LogP contribution in [0.1, 0.15) is 31.2 Å². The molecule has 1 N–H and O–H groups in total. The minimum atomic E-state index is -0.728. The average molecular weight is 410 g/mol. The van der Waals surface area contributed by atoms with Crippen molar-refractivity contribution in [3.63, 3.8) is 0 Å². The summed E-state index contributed by atoms with van der Waals surface area (Å²) in [6.07, 6.45) is 4.75. The quantitative estimate of drug-likeness (QED) is 0.560. The second-order valence-corrected chi connectivity index (χ2v) is 8.39. The van der Waals surface area contributed by atoms with Crippen LogP contribution in [-0.4, -0.2) is 20.1 Å². The first-order valence-corrected chi connectivity index (χ1v) is 10.5. The van der Waals surface area contributed by atoms with Crippen molar-refractivity contribution in [1.82, 2.24) is 19.5 Å². The Morgan fingerprint density at radius 2 is 2.03 bits per heavy atom. The molecule has 0 bridgehead atoms. The summed E-state index contributed by atoms with van der Waals surface area (Å²) in [7, 11) is 0. The number of hydrogen-bond acceptors (Lipinski definition) is 4. The molecule has 4 aromatic rings. The van der Waals surface area contributed by atoms with Crippen molar-refractivity contribution in [3.8, 4) is 0 Å². The van der Waals surface area contributed by atoms with Gasteiger partial charge in [0.25, 0.3) is 5.56 Å². The number of carbonyl (C=O) groups excluding carboxylic acids is 1. The van der Waals surface area contributed by atoms with Crippen molar-refractivity contribution in [3.05, 3.63) is 69.8 Å². The summed E-state index contributed by atoms with van der Waals surface area (Å²) in [6.45, 7) is -0.204. The minimum absolute atomic E-state index is 0.204. The highest BCUT2D eigenvalue weighted by atomic mass is 32.1. The topological polar surface area (TPSA) is 68.4 Å². The maximum absolute atomic E-state index is 14.5. The summed E-state index contributed by atoms with van der Waals surface area (Å²) in [5.41, 5.74) is -0.0569. The van der Waals surface area contributed by atoms with Crippen LogP contribution in [0.4, 0.5) is 4.39 Å². The van der Waals surface area contributed by atoms with Gasteiger partial charge in [0, 0.05) is 10.9 Å². The molecule has 1 amide bonds. The van der Waals surface area contributed by atoms with Crippen molar-refractivity contribution in [1.29, 1.82) is 0 Å². The number of thiophene rings is 1. The van der Waals surface area contributed by atoms with Crippen LogP contribution in [0.25, 0.3) is 15.7 Å². The smallest absolute Gasteiger partial charge is 0.291 e. The molecule has 3 heterocycles. The van der Waals surface area contributed by atoms with Gasteiger partial charge in [-0.25, -0.2) is 9.07 Å². The number of hydrogen-bond donors (Lipinski definition) is 1. The molecule has 0 saturated heterocycles. The van der Waals surface area contributed by atoms with Gasteiger partial charge in [0.15, 0.2) is 0 Å². The van der Waals surface area contributed by atoms with Crippen LogP contribution in [0.5, 0.6) is 0 Å². The van der Waals surface area contributed by atoms with Crippen molar-refractivity contribution in [2.75, 3.05) is 0 Å². The van der Waals surface area contributed by atoms with Crippen molar-refractivity contribution < 1.29 is 9.18 Å². The maximum atomic E-state index is 14.5. The van der Waals surface area contributed by atoms with Gasteiger partial charge < -0.3 is 5.32 Å². The fourth-order valence-corrected chi connectivity index (χ4v) is 5.23. The predicted octanol–water partition coefficient (Wildman–Crippen LogP) is 3.44. The largest absolute Gasteiger partial charge is 0.345 e. The number of nitrogens with zero attached hydrogens (tertiary/aromatic N) is 3. The molecule has 5 rings (SSSR count). The summed E-state index contributed by atoms with van der Waals surface area (Å²) in [4.78, 5) is 26.6. The van der Waals surface area contributed by atoms with Gasteiger partial charge in [-0.1, -0.05) is 31.0 Å². The highest BCUT2D eigenvalue weighted by Gasteiger charge is 2.39. The third-order valence-electron chi connectivity index (χ3n) is 5.72. The Morgan fingerprint density at radius 1 is 1.24 bits per heavy atom. The number of fused-ring (bicyclic) bond motifs is 3. The van der Waals surface area contributed by atoms with Gasteiger partial charge in [-0.15, -0.1) is 11.3 Å². The molecule has 0 atom stereocenters. The molecule has 0 spiro atoms. The Morgan fingerprint density at radius 3 is 2.83 bits per heavy atom. The molecular formula is C21H19FN4O2S. The van der Waals surface area contributed by atoms with E-state index in [0.29, 0.717) is 23.9 Å². The third-order valence-corrected chi connectivity index (χ3v) is 6.65. The highest BCUT2D eigenvalue weighted by molar-refractivity contribution is 7.16. The zero-order chi connectivity index (χ0) is 20.0. The van der Waals surface area contributed by atoms with E-state index >= 15 is 0 Å². The van der Waals surface area contributed by atoms with E-state index in [-0.39, 0.29) is 23.8 Å². The molecule has 0 aliphatic heterocycles. The average Bonchev–Trinajstić information content (AvgIpc) is 3.41. The molecule has 3 aromatic heterocycles. The number of amides is 1. The van der Waals surface area contributed by atoms with E-state index in [1.807, 2.05) is 17.5 Å². The van der Waals surface area contributed by atoms with Gasteiger partial charge in [-0.05, 0) is 36.4 Å². The van der Waals surface area contributed by atoms with Crippen LogP contribution in [-0.2, 0) is 16.9 Å². The van der Waals surface area contributed by atoms with Gasteiger partial charge in [0.2, 0.25) is 5.91 Å². The summed E-state index contributed by atoms with van der Waals surface area (Å²) in [5, 5.41) is 10.1. The number of rotatable bonds is 4. The third kappa shape index (κ3) is 2.95. The van der Waals surface area contributed by atoms with Crippen molar-refractivity contribution in [2.24, 2.45) is 0 Å². The summed E-state index contributed by atoms with van der Waals surface area (Å²) in [5.74, 6) is -0.665. The first kappa shape index (κ1) is 18.1. The van der Waals surface area contributed by atoms with E-state index in [1.54, 1.807) is 28.9 Å². The summed E-state index contributed by atoms with van der Waals surface area (Å²) >= 11 is 1.53. The molecular weight excluding hydrogens is 391 g/mol. The lowest BCUT2D eigenvalue weighted by Crippen LogP contribution is -2.46. The van der Waals surface area contributed by atoms with E-state index in [9.17, 15) is 14.0 Å². The molecule has 1 aromatic carbocycles. The zero-order valence-corrected chi connectivity index (χ0v) is 16.4. The van der Waals surface area contributed by atoms with E-state index in [1.165, 1.54) is 17.4 Å². The van der Waals surface area contributed by atoms with Crippen LogP contribution in [0.3, 0.4) is 0 Å². The molecule has 1 aliphatic carbocycles. The first-order valence-electron chi connectivity index (χ1n) is 9.58. The van der Waals surface area contributed by atoms with E-state index in [4.69, 9.17) is 0 Å². The molecule has 29 heavy (non-hydrogen) atoms. The fourth-order valence-electron chi connectivity index (χ4n) is 4.37. The Labute approximate surface area is 169 Å². The number of benzene rings is 1. The molecule has 148 valence electrons. The zero-order valence-electron chi connectivity index (χ0n) is 15.6. The second-order valence-electron chi connectivity index (χ2n) is 7.49. The van der Waals surface area contributed by atoms with Crippen LogP contribution < -0.4 is 10.9 Å². The molecule has 0 unspecified atom stereocenters. The normalized spacial score (nSPS) is 15.9. The lowest BCUT2D eigenvalue weighted by molar-refractivity contribution is -0.124. The Kier molecular flexibility index (Phi) is 4.24. The minimum Gasteiger partial charge on any atom is -0.345 e. The van der Waals surface area contributed by atoms with Gasteiger partial charge in [-0.2, -0.15) is 5.10 Å². The lowest BCUT2D eigenvalue weighted by atomic mass is 9.87. The highest BCUT2D eigenvalue weighted by Crippen LogP contribution is 2.39. The van der Waals surface area contributed by atoms with Crippen LogP contribution in [0.15, 0.2) is 52.9 Å². The van der Waals surface area contributed by atoms with E-state index in [2.05, 4.69) is 10.4 Å². The number of aromatic nitrogens is 3. The molecule has 1 saturated carbocycles. The van der Waals surface area contributed by atoms with Crippen LogP contribution in [0, 0.1) is 5.82 Å². The SMILES string of the molecule is O=C(Cn1ncn2c(cc3ccsc32)c1=O)NC1(c2ccccc2F)CCCC1. The molecule has 6 nitrogen and oxygen atoms in total. The summed E-state index contributed by atoms with van der Waals surface area (Å²) in [6, 6.07) is 10.3. The Bertz CT molecular complexity index is 1280. The maximum Gasteiger partial charge on any atom is 0.291 e. The van der Waals surface area contributed by atoms with Gasteiger partial charge in [0.05, 0.1) is 5.54 Å². The summed E-state index contributed by atoms with van der Waals surface area (Å²) < 4.78 is 17.4. The molecule has 8 heteroatoms. The standard InChI is InChI=1S/C21H19FN4O2S/c22-16-6-2-1-5-15(16)21(8-3-4-9-21)24-18(27)12-26-19(28)17-11-14-7-10-29-20(14)25(17)13-23-26/h1-2,5-7,10-11,13H,3-4,8-9,12H2,(H,24,27). The first-order chi connectivity index (χ1) is 14.1.